The van der Waals surface area contributed by atoms with Gasteiger partial charge in [-0.3, -0.25) is 0 Å². The summed E-state index contributed by atoms with van der Waals surface area (Å²) in [5.74, 6) is -0.00468. The van der Waals surface area contributed by atoms with E-state index in [4.69, 9.17) is 10.8 Å². The van der Waals surface area contributed by atoms with Gasteiger partial charge in [-0.1, -0.05) is 6.92 Å². The number of hydrogen-bond acceptors (Lipinski definition) is 5. The van der Waals surface area contributed by atoms with E-state index in [1.807, 2.05) is 0 Å². The molecule has 1 aromatic heterocycles. The Morgan fingerprint density at radius 3 is 2.65 bits per heavy atom. The molecular formula is C9H18N4O3S. The number of nitrogens with zero attached hydrogens (tertiary/aromatic N) is 3. The van der Waals surface area contributed by atoms with Crippen LogP contribution in [0, 0.1) is 0 Å². The fraction of sp³-hybridized carbons (Fsp3) is 0.667. The van der Waals surface area contributed by atoms with Gasteiger partial charge in [0, 0.05) is 26.7 Å². The molecule has 0 spiro atoms. The van der Waals surface area contributed by atoms with Crippen molar-refractivity contribution in [2.45, 2.75) is 18.4 Å². The SMILES string of the molecule is CCN(CCCO)S(=O)(=O)c1c(N)ncn1C. The molecule has 98 valence electrons. The Bertz CT molecular complexity index is 449. The second-order valence-corrected chi connectivity index (χ2v) is 5.47. The molecule has 3 N–H and O–H groups in total. The first-order valence-corrected chi connectivity index (χ1v) is 6.77. The number of aliphatic hydroxyl groups excluding tert-OH is 1. The third kappa shape index (κ3) is 2.76. The monoisotopic (exact) mass is 262 g/mol. The summed E-state index contributed by atoms with van der Waals surface area (Å²) in [5, 5.41) is 8.75. The Hall–Kier alpha value is -1.12. The predicted molar refractivity (Wildman–Crippen MR) is 63.8 cm³/mol. The fourth-order valence-corrected chi connectivity index (χ4v) is 3.25. The normalized spacial score (nSPS) is 12.2. The van der Waals surface area contributed by atoms with Crippen molar-refractivity contribution < 1.29 is 13.5 Å². The number of aromatic nitrogens is 2. The highest BCUT2D eigenvalue weighted by Gasteiger charge is 2.28. The van der Waals surface area contributed by atoms with E-state index >= 15 is 0 Å². The van der Waals surface area contributed by atoms with E-state index in [0.717, 1.165) is 0 Å². The lowest BCUT2D eigenvalue weighted by Crippen LogP contribution is -2.33. The topological polar surface area (TPSA) is 101 Å². The predicted octanol–water partition coefficient (Wildman–Crippen LogP) is -0.605. The second kappa shape index (κ2) is 5.48. The third-order valence-electron chi connectivity index (χ3n) is 2.41. The molecule has 1 aromatic rings. The molecule has 1 rings (SSSR count). The molecule has 0 amide bonds. The molecule has 17 heavy (non-hydrogen) atoms. The zero-order valence-electron chi connectivity index (χ0n) is 10.00. The first-order valence-electron chi connectivity index (χ1n) is 5.33. The highest BCUT2D eigenvalue weighted by molar-refractivity contribution is 7.89. The average Bonchev–Trinajstić information content (AvgIpc) is 2.59. The number of hydrogen-bond donors (Lipinski definition) is 2. The van der Waals surface area contributed by atoms with E-state index < -0.39 is 10.0 Å². The molecule has 0 bridgehead atoms. The maximum absolute atomic E-state index is 12.3. The lowest BCUT2D eigenvalue weighted by atomic mass is 10.4. The highest BCUT2D eigenvalue weighted by Crippen LogP contribution is 2.20. The van der Waals surface area contributed by atoms with Crippen molar-refractivity contribution in [2.24, 2.45) is 7.05 Å². The molecule has 0 unspecified atom stereocenters. The summed E-state index contributed by atoms with van der Waals surface area (Å²) in [4.78, 5) is 3.76. The van der Waals surface area contributed by atoms with Crippen molar-refractivity contribution >= 4 is 15.8 Å². The van der Waals surface area contributed by atoms with Gasteiger partial charge in [-0.2, -0.15) is 4.31 Å². The summed E-state index contributed by atoms with van der Waals surface area (Å²) < 4.78 is 27.2. The van der Waals surface area contributed by atoms with Crippen molar-refractivity contribution in [3.63, 3.8) is 0 Å². The number of nitrogen functional groups attached to an aromatic ring is 1. The third-order valence-corrected chi connectivity index (χ3v) is 4.52. The summed E-state index contributed by atoms with van der Waals surface area (Å²) >= 11 is 0. The van der Waals surface area contributed by atoms with Crippen LogP contribution in [-0.4, -0.2) is 47.1 Å². The summed E-state index contributed by atoms with van der Waals surface area (Å²) in [6.45, 7) is 2.28. The molecule has 0 saturated carbocycles. The minimum absolute atomic E-state index is 0.00251. The summed E-state index contributed by atoms with van der Waals surface area (Å²) in [6, 6.07) is 0. The van der Waals surface area contributed by atoms with Gasteiger partial charge in [0.1, 0.15) is 0 Å². The lowest BCUT2D eigenvalue weighted by Gasteiger charge is -2.20. The van der Waals surface area contributed by atoms with E-state index in [2.05, 4.69) is 4.98 Å². The second-order valence-electron chi connectivity index (χ2n) is 3.62. The van der Waals surface area contributed by atoms with Crippen LogP contribution in [0.2, 0.25) is 0 Å². The number of nitrogens with two attached hydrogens (primary N) is 1. The Morgan fingerprint density at radius 2 is 2.24 bits per heavy atom. The lowest BCUT2D eigenvalue weighted by molar-refractivity contribution is 0.270. The van der Waals surface area contributed by atoms with Crippen molar-refractivity contribution in [2.75, 3.05) is 25.4 Å². The molecule has 0 fully saturated rings. The molecular weight excluding hydrogens is 244 g/mol. The van der Waals surface area contributed by atoms with E-state index in [1.54, 1.807) is 14.0 Å². The van der Waals surface area contributed by atoms with Crippen LogP contribution in [0.4, 0.5) is 5.82 Å². The maximum atomic E-state index is 12.3. The Kier molecular flexibility index (Phi) is 4.49. The summed E-state index contributed by atoms with van der Waals surface area (Å²) in [6.07, 6.45) is 1.76. The Balaban J connectivity index is 3.09. The fourth-order valence-electron chi connectivity index (χ4n) is 1.57. The first-order chi connectivity index (χ1) is 7.95. The molecule has 0 saturated heterocycles. The number of sulfonamides is 1. The van der Waals surface area contributed by atoms with Gasteiger partial charge in [0.2, 0.25) is 0 Å². The quantitative estimate of drug-likeness (QED) is 0.712. The summed E-state index contributed by atoms with van der Waals surface area (Å²) in [7, 11) is -2.06. The minimum atomic E-state index is -3.64. The molecule has 0 aromatic carbocycles. The summed E-state index contributed by atoms with van der Waals surface area (Å²) in [5.41, 5.74) is 5.56. The molecule has 0 radical (unpaired) electrons. The number of anilines is 1. The maximum Gasteiger partial charge on any atom is 0.262 e. The van der Waals surface area contributed by atoms with Crippen molar-refractivity contribution in [3.8, 4) is 0 Å². The molecule has 0 atom stereocenters. The minimum Gasteiger partial charge on any atom is -0.396 e. The van der Waals surface area contributed by atoms with Gasteiger partial charge in [-0.05, 0) is 6.42 Å². The van der Waals surface area contributed by atoms with Gasteiger partial charge in [0.25, 0.3) is 10.0 Å². The van der Waals surface area contributed by atoms with E-state index in [1.165, 1.54) is 15.2 Å². The standard InChI is InChI=1S/C9H18N4O3S/c1-3-13(5-4-6-14)17(15,16)9-8(10)11-7-12(9)2/h7,14H,3-6,10H2,1-2H3. The van der Waals surface area contributed by atoms with E-state index in [0.29, 0.717) is 13.0 Å². The van der Waals surface area contributed by atoms with Crippen LogP contribution in [0.5, 0.6) is 0 Å². The zero-order chi connectivity index (χ0) is 13.1. The van der Waals surface area contributed by atoms with Crippen LogP contribution in [0.25, 0.3) is 0 Å². The smallest absolute Gasteiger partial charge is 0.262 e. The molecule has 0 aliphatic carbocycles. The van der Waals surface area contributed by atoms with Crippen LogP contribution in [-0.2, 0) is 17.1 Å². The molecule has 8 heteroatoms. The van der Waals surface area contributed by atoms with Gasteiger partial charge in [-0.15, -0.1) is 0 Å². The molecule has 7 nitrogen and oxygen atoms in total. The van der Waals surface area contributed by atoms with Crippen LogP contribution in [0.1, 0.15) is 13.3 Å². The highest BCUT2D eigenvalue weighted by atomic mass is 32.2. The number of aliphatic hydroxyl groups is 1. The number of imidazole rings is 1. The number of aryl methyl sites for hydroxylation is 1. The van der Waals surface area contributed by atoms with Gasteiger partial charge in [-0.25, -0.2) is 13.4 Å². The Morgan fingerprint density at radius 1 is 1.59 bits per heavy atom. The van der Waals surface area contributed by atoms with Gasteiger partial charge < -0.3 is 15.4 Å². The largest absolute Gasteiger partial charge is 0.396 e. The average molecular weight is 262 g/mol. The zero-order valence-corrected chi connectivity index (χ0v) is 10.8. The van der Waals surface area contributed by atoms with Crippen LogP contribution < -0.4 is 5.73 Å². The van der Waals surface area contributed by atoms with Crippen LogP contribution >= 0.6 is 0 Å². The van der Waals surface area contributed by atoms with E-state index in [9.17, 15) is 8.42 Å². The van der Waals surface area contributed by atoms with Crippen molar-refractivity contribution in [1.29, 1.82) is 0 Å². The molecule has 0 aliphatic rings. The van der Waals surface area contributed by atoms with E-state index in [-0.39, 0.29) is 24.0 Å². The van der Waals surface area contributed by atoms with Crippen molar-refractivity contribution in [1.82, 2.24) is 13.9 Å². The Labute approximate surface area is 101 Å². The van der Waals surface area contributed by atoms with Gasteiger partial charge in [0.05, 0.1) is 6.33 Å². The first kappa shape index (κ1) is 13.9. The number of rotatable bonds is 6. The van der Waals surface area contributed by atoms with Crippen LogP contribution in [0.3, 0.4) is 0 Å². The van der Waals surface area contributed by atoms with Gasteiger partial charge >= 0.3 is 0 Å². The van der Waals surface area contributed by atoms with Gasteiger partial charge in [0.15, 0.2) is 10.8 Å². The molecule has 0 aliphatic heterocycles. The van der Waals surface area contributed by atoms with Crippen molar-refractivity contribution in [3.05, 3.63) is 6.33 Å². The van der Waals surface area contributed by atoms with Crippen LogP contribution in [0.15, 0.2) is 11.4 Å². The molecule has 1 heterocycles.